The summed E-state index contributed by atoms with van der Waals surface area (Å²) in [4.78, 5) is 17.6. The van der Waals surface area contributed by atoms with Gasteiger partial charge in [-0.05, 0) is 18.6 Å². The lowest BCUT2D eigenvalue weighted by Gasteiger charge is -2.11. The van der Waals surface area contributed by atoms with E-state index < -0.39 is 22.0 Å². The Labute approximate surface area is 109 Å². The number of carboxylic acids is 1. The zero-order valence-electron chi connectivity index (χ0n) is 10.1. The largest absolute Gasteiger partial charge is 0.480 e. The van der Waals surface area contributed by atoms with Crippen LogP contribution >= 0.6 is 0 Å². The molecule has 0 radical (unpaired) electrons. The maximum absolute atomic E-state index is 12.2. The number of nitrogens with zero attached hydrogens (tertiary/aromatic N) is 1. The van der Waals surface area contributed by atoms with E-state index in [0.29, 0.717) is 11.0 Å². The molecule has 19 heavy (non-hydrogen) atoms. The molecule has 2 aromatic heterocycles. The summed E-state index contributed by atoms with van der Waals surface area (Å²) in [5, 5.41) is 9.33. The quantitative estimate of drug-likeness (QED) is 0.748. The Balaban J connectivity index is 2.42. The van der Waals surface area contributed by atoms with E-state index >= 15 is 0 Å². The van der Waals surface area contributed by atoms with Crippen LogP contribution in [-0.2, 0) is 14.8 Å². The molecule has 0 aromatic carbocycles. The van der Waals surface area contributed by atoms with Crippen LogP contribution in [-0.4, -0.2) is 35.5 Å². The smallest absolute Gasteiger partial charge is 0.321 e. The second kappa shape index (κ2) is 4.98. The summed E-state index contributed by atoms with van der Waals surface area (Å²) >= 11 is 0. The maximum Gasteiger partial charge on any atom is 0.321 e. The minimum absolute atomic E-state index is 0.00435. The Morgan fingerprint density at radius 3 is 2.95 bits per heavy atom. The summed E-state index contributed by atoms with van der Waals surface area (Å²) < 4.78 is 26.5. The number of rotatable bonds is 5. The van der Waals surface area contributed by atoms with E-state index in [2.05, 4.69) is 14.7 Å². The van der Waals surface area contributed by atoms with E-state index in [1.54, 1.807) is 19.1 Å². The molecule has 0 saturated carbocycles. The number of aromatic nitrogens is 2. The van der Waals surface area contributed by atoms with Crippen LogP contribution in [0.2, 0.25) is 0 Å². The van der Waals surface area contributed by atoms with Crippen LogP contribution in [0.4, 0.5) is 0 Å². The summed E-state index contributed by atoms with van der Waals surface area (Å²) in [6.07, 6.45) is 3.00. The standard InChI is InChI=1S/C11H13N3O4S/c1-2-8(11(15)16)14-19(17,18)9-6-13-10-7(9)4-3-5-12-10/h3-6,8,14H,2H2,1H3,(H,12,13)(H,15,16). The zero-order chi connectivity index (χ0) is 14.0. The van der Waals surface area contributed by atoms with Crippen molar-refractivity contribution >= 4 is 27.0 Å². The van der Waals surface area contributed by atoms with E-state index in [-0.39, 0.29) is 11.3 Å². The number of carbonyl (C=O) groups is 1. The number of aromatic amines is 1. The number of nitrogens with one attached hydrogen (secondary N) is 2. The summed E-state index contributed by atoms with van der Waals surface area (Å²) in [5.41, 5.74) is 0.436. The Kier molecular flexibility index (Phi) is 3.54. The van der Waals surface area contributed by atoms with Crippen molar-refractivity contribution in [1.82, 2.24) is 14.7 Å². The van der Waals surface area contributed by atoms with Gasteiger partial charge in [0.05, 0.1) is 0 Å². The maximum atomic E-state index is 12.2. The lowest BCUT2D eigenvalue weighted by molar-refractivity contribution is -0.139. The van der Waals surface area contributed by atoms with Crippen molar-refractivity contribution in [2.24, 2.45) is 0 Å². The van der Waals surface area contributed by atoms with Crippen molar-refractivity contribution in [3.63, 3.8) is 0 Å². The van der Waals surface area contributed by atoms with Crippen molar-refractivity contribution < 1.29 is 18.3 Å². The second-order valence-corrected chi connectivity index (χ2v) is 5.66. The van der Waals surface area contributed by atoms with Crippen LogP contribution in [0.1, 0.15) is 13.3 Å². The SMILES string of the molecule is CCC(NS(=O)(=O)c1c[nH]c2ncccc12)C(=O)O. The van der Waals surface area contributed by atoms with Gasteiger partial charge < -0.3 is 10.1 Å². The van der Waals surface area contributed by atoms with E-state index in [0.717, 1.165) is 0 Å². The molecule has 7 nitrogen and oxygen atoms in total. The van der Waals surface area contributed by atoms with Crippen molar-refractivity contribution in [2.75, 3.05) is 0 Å². The van der Waals surface area contributed by atoms with Crippen LogP contribution < -0.4 is 4.72 Å². The molecule has 0 saturated heterocycles. The number of carboxylic acid groups (broad SMARTS) is 1. The molecular formula is C11H13N3O4S. The Bertz CT molecular complexity index is 708. The molecule has 0 amide bonds. The molecule has 0 aliphatic carbocycles. The van der Waals surface area contributed by atoms with Crippen LogP contribution in [0.5, 0.6) is 0 Å². The molecule has 0 aliphatic heterocycles. The monoisotopic (exact) mass is 283 g/mol. The fourth-order valence-corrected chi connectivity index (χ4v) is 3.15. The van der Waals surface area contributed by atoms with Gasteiger partial charge in [-0.1, -0.05) is 6.92 Å². The van der Waals surface area contributed by atoms with Crippen molar-refractivity contribution in [3.05, 3.63) is 24.5 Å². The van der Waals surface area contributed by atoms with Crippen molar-refractivity contribution in [2.45, 2.75) is 24.3 Å². The fourth-order valence-electron chi connectivity index (χ4n) is 1.71. The average Bonchev–Trinajstić information content (AvgIpc) is 2.80. The summed E-state index contributed by atoms with van der Waals surface area (Å²) in [5.74, 6) is -1.20. The summed E-state index contributed by atoms with van der Waals surface area (Å²) in [7, 11) is -3.90. The third kappa shape index (κ3) is 2.59. The molecule has 3 N–H and O–H groups in total. The molecular weight excluding hydrogens is 270 g/mol. The predicted octanol–water partition coefficient (Wildman–Crippen LogP) is 0.704. The number of pyridine rings is 1. The van der Waals surface area contributed by atoms with Gasteiger partial charge >= 0.3 is 5.97 Å². The minimum Gasteiger partial charge on any atom is -0.480 e. The topological polar surface area (TPSA) is 112 Å². The molecule has 2 rings (SSSR count). The highest BCUT2D eigenvalue weighted by atomic mass is 32.2. The first-order valence-electron chi connectivity index (χ1n) is 5.63. The molecule has 2 heterocycles. The third-order valence-corrected chi connectivity index (χ3v) is 4.22. The zero-order valence-corrected chi connectivity index (χ0v) is 10.9. The number of aliphatic carboxylic acids is 1. The highest BCUT2D eigenvalue weighted by molar-refractivity contribution is 7.89. The fraction of sp³-hybridized carbons (Fsp3) is 0.273. The van der Waals surface area contributed by atoms with E-state index in [1.165, 1.54) is 12.4 Å². The van der Waals surface area contributed by atoms with Gasteiger partial charge in [0.15, 0.2) is 0 Å². The van der Waals surface area contributed by atoms with Gasteiger partial charge in [-0.3, -0.25) is 4.79 Å². The molecule has 0 aliphatic rings. The van der Waals surface area contributed by atoms with Gasteiger partial charge in [0.1, 0.15) is 16.6 Å². The van der Waals surface area contributed by atoms with Crippen molar-refractivity contribution in [1.29, 1.82) is 0 Å². The second-order valence-electron chi connectivity index (χ2n) is 3.97. The van der Waals surface area contributed by atoms with E-state index in [4.69, 9.17) is 5.11 Å². The van der Waals surface area contributed by atoms with Gasteiger partial charge in [0, 0.05) is 17.8 Å². The van der Waals surface area contributed by atoms with Crippen LogP contribution in [0.3, 0.4) is 0 Å². The Morgan fingerprint density at radius 2 is 2.32 bits per heavy atom. The van der Waals surface area contributed by atoms with Crippen molar-refractivity contribution in [3.8, 4) is 0 Å². The van der Waals surface area contributed by atoms with Gasteiger partial charge in [-0.15, -0.1) is 0 Å². The van der Waals surface area contributed by atoms with Crippen LogP contribution in [0, 0.1) is 0 Å². The van der Waals surface area contributed by atoms with Gasteiger partial charge in [-0.25, -0.2) is 13.4 Å². The Morgan fingerprint density at radius 1 is 1.58 bits per heavy atom. The molecule has 0 spiro atoms. The molecule has 1 atom stereocenters. The average molecular weight is 283 g/mol. The molecule has 0 bridgehead atoms. The lowest BCUT2D eigenvalue weighted by atomic mass is 10.2. The van der Waals surface area contributed by atoms with Gasteiger partial charge in [-0.2, -0.15) is 4.72 Å². The van der Waals surface area contributed by atoms with E-state index in [1.807, 2.05) is 0 Å². The lowest BCUT2D eigenvalue weighted by Crippen LogP contribution is -2.40. The first kappa shape index (κ1) is 13.5. The molecule has 8 heteroatoms. The van der Waals surface area contributed by atoms with Gasteiger partial charge in [0.2, 0.25) is 10.0 Å². The van der Waals surface area contributed by atoms with E-state index in [9.17, 15) is 13.2 Å². The first-order chi connectivity index (χ1) is 8.95. The summed E-state index contributed by atoms with van der Waals surface area (Å²) in [6.45, 7) is 1.60. The number of H-pyrrole nitrogens is 1. The normalized spacial score (nSPS) is 13.5. The molecule has 0 fully saturated rings. The van der Waals surface area contributed by atoms with Crippen LogP contribution in [0.25, 0.3) is 11.0 Å². The minimum atomic E-state index is -3.90. The predicted molar refractivity (Wildman–Crippen MR) is 68.1 cm³/mol. The van der Waals surface area contributed by atoms with Crippen LogP contribution in [0.15, 0.2) is 29.4 Å². The molecule has 2 aromatic rings. The highest BCUT2D eigenvalue weighted by Gasteiger charge is 2.26. The Hall–Kier alpha value is -1.93. The summed E-state index contributed by atoms with van der Waals surface area (Å²) in [6, 6.07) is 2.07. The number of hydrogen-bond donors (Lipinski definition) is 3. The number of fused-ring (bicyclic) bond motifs is 1. The number of hydrogen-bond acceptors (Lipinski definition) is 4. The molecule has 1 unspecified atom stereocenters. The molecule has 102 valence electrons. The third-order valence-electron chi connectivity index (χ3n) is 2.71. The van der Waals surface area contributed by atoms with Gasteiger partial charge in [0.25, 0.3) is 0 Å². The first-order valence-corrected chi connectivity index (χ1v) is 7.11. The number of sulfonamides is 1. The highest BCUT2D eigenvalue weighted by Crippen LogP contribution is 2.20.